The zero-order valence-electron chi connectivity index (χ0n) is 17.9. The van der Waals surface area contributed by atoms with Crippen molar-refractivity contribution in [2.75, 3.05) is 13.1 Å². The van der Waals surface area contributed by atoms with E-state index in [1.807, 2.05) is 47.5 Å². The Morgan fingerprint density at radius 3 is 2.55 bits per heavy atom. The number of hydrogen-bond acceptors (Lipinski definition) is 5. The summed E-state index contributed by atoms with van der Waals surface area (Å²) in [5.41, 5.74) is 1.78. The van der Waals surface area contributed by atoms with Crippen LogP contribution < -0.4 is 0 Å². The van der Waals surface area contributed by atoms with Crippen molar-refractivity contribution < 1.29 is 9.32 Å². The summed E-state index contributed by atoms with van der Waals surface area (Å²) in [6.45, 7) is 3.40. The Bertz CT molecular complexity index is 1030. The normalized spacial score (nSPS) is 23.1. The molecule has 3 aromatic rings. The van der Waals surface area contributed by atoms with Gasteiger partial charge in [-0.05, 0) is 24.5 Å². The van der Waals surface area contributed by atoms with E-state index in [-0.39, 0.29) is 23.2 Å². The van der Waals surface area contributed by atoms with Crippen LogP contribution in [0.4, 0.5) is 0 Å². The number of likely N-dealkylation sites (tertiary alicyclic amines) is 1. The third-order valence-electron chi connectivity index (χ3n) is 6.98. The van der Waals surface area contributed by atoms with Crippen molar-refractivity contribution in [2.24, 2.45) is 5.41 Å². The number of rotatable bonds is 4. The van der Waals surface area contributed by atoms with Gasteiger partial charge in [-0.25, -0.2) is 0 Å². The topological polar surface area (TPSA) is 72.1 Å². The van der Waals surface area contributed by atoms with Gasteiger partial charge < -0.3 is 9.42 Å². The molecule has 0 spiro atoms. The van der Waals surface area contributed by atoms with Crippen LogP contribution in [0.3, 0.4) is 0 Å². The molecule has 1 saturated carbocycles. The average Bonchev–Trinajstić information content (AvgIpc) is 3.48. The van der Waals surface area contributed by atoms with Gasteiger partial charge in [0.2, 0.25) is 17.6 Å². The van der Waals surface area contributed by atoms with Gasteiger partial charge in [0.25, 0.3) is 0 Å². The summed E-state index contributed by atoms with van der Waals surface area (Å²) in [6.07, 6.45) is 9.12. The summed E-state index contributed by atoms with van der Waals surface area (Å²) in [7, 11) is 0. The summed E-state index contributed by atoms with van der Waals surface area (Å²) in [5.74, 6) is 1.51. The number of carbonyl (C=O) groups is 1. The lowest BCUT2D eigenvalue weighted by Crippen LogP contribution is -2.42. The smallest absolute Gasteiger partial charge is 0.232 e. The molecule has 6 nitrogen and oxygen atoms in total. The van der Waals surface area contributed by atoms with Gasteiger partial charge in [0.05, 0.1) is 5.92 Å². The first-order chi connectivity index (χ1) is 15.1. The number of benzene rings is 1. The first-order valence-corrected chi connectivity index (χ1v) is 11.2. The molecule has 0 radical (unpaired) electrons. The van der Waals surface area contributed by atoms with Gasteiger partial charge in [-0.3, -0.25) is 9.78 Å². The first-order valence-electron chi connectivity index (χ1n) is 11.2. The minimum atomic E-state index is -0.253. The summed E-state index contributed by atoms with van der Waals surface area (Å²) in [6, 6.07) is 13.9. The summed E-state index contributed by atoms with van der Waals surface area (Å²) < 4.78 is 5.73. The van der Waals surface area contributed by atoms with E-state index in [1.165, 1.54) is 6.42 Å². The third-order valence-corrected chi connectivity index (χ3v) is 6.98. The molecular weight excluding hydrogens is 388 g/mol. The van der Waals surface area contributed by atoms with E-state index in [4.69, 9.17) is 9.51 Å². The van der Waals surface area contributed by atoms with Crippen molar-refractivity contribution in [3.8, 4) is 11.4 Å². The minimum Gasteiger partial charge on any atom is -0.341 e. The van der Waals surface area contributed by atoms with Crippen LogP contribution >= 0.6 is 0 Å². The lowest BCUT2D eigenvalue weighted by molar-refractivity contribution is -0.142. The highest BCUT2D eigenvalue weighted by Gasteiger charge is 2.45. The molecule has 31 heavy (non-hydrogen) atoms. The molecular formula is C25H28N4O2. The van der Waals surface area contributed by atoms with Gasteiger partial charge >= 0.3 is 0 Å². The fourth-order valence-electron chi connectivity index (χ4n) is 5.17. The molecule has 2 aromatic heterocycles. The fraction of sp³-hybridized carbons (Fsp3) is 0.440. The van der Waals surface area contributed by atoms with Crippen LogP contribution in [0, 0.1) is 5.41 Å². The Morgan fingerprint density at radius 2 is 1.81 bits per heavy atom. The maximum atomic E-state index is 13.5. The Morgan fingerprint density at radius 1 is 1.03 bits per heavy atom. The molecule has 2 atom stereocenters. The maximum absolute atomic E-state index is 13.5. The molecule has 1 aliphatic heterocycles. The van der Waals surface area contributed by atoms with Gasteiger partial charge in [-0.2, -0.15) is 4.98 Å². The van der Waals surface area contributed by atoms with Gasteiger partial charge in [0.15, 0.2) is 0 Å². The van der Waals surface area contributed by atoms with Crippen LogP contribution in [-0.4, -0.2) is 39.0 Å². The van der Waals surface area contributed by atoms with E-state index in [0.717, 1.165) is 36.8 Å². The fourth-order valence-corrected chi connectivity index (χ4v) is 5.17. The molecule has 0 N–H and O–H groups in total. The van der Waals surface area contributed by atoms with E-state index in [2.05, 4.69) is 23.1 Å². The van der Waals surface area contributed by atoms with Crippen LogP contribution in [0.15, 0.2) is 59.4 Å². The zero-order chi connectivity index (χ0) is 21.3. The molecule has 1 aromatic carbocycles. The number of aromatic nitrogens is 3. The second kappa shape index (κ2) is 8.25. The summed E-state index contributed by atoms with van der Waals surface area (Å²) in [5, 5.41) is 4.23. The lowest BCUT2D eigenvalue weighted by Gasteiger charge is -2.35. The number of amides is 1. The Labute approximate surface area is 182 Å². The van der Waals surface area contributed by atoms with Crippen molar-refractivity contribution >= 4 is 5.91 Å². The first kappa shape index (κ1) is 19.9. The molecule has 2 aliphatic rings. The van der Waals surface area contributed by atoms with Crippen LogP contribution in [0.2, 0.25) is 0 Å². The van der Waals surface area contributed by atoms with E-state index >= 15 is 0 Å². The molecule has 1 aliphatic carbocycles. The van der Waals surface area contributed by atoms with Crippen LogP contribution in [0.25, 0.3) is 11.4 Å². The molecule has 2 fully saturated rings. The second-order valence-corrected chi connectivity index (χ2v) is 9.15. The lowest BCUT2D eigenvalue weighted by atomic mass is 9.74. The largest absolute Gasteiger partial charge is 0.341 e. The van der Waals surface area contributed by atoms with Crippen LogP contribution in [-0.2, 0) is 4.79 Å². The monoisotopic (exact) mass is 416 g/mol. The third kappa shape index (κ3) is 3.87. The molecule has 1 amide bonds. The molecule has 160 valence electrons. The molecule has 3 heterocycles. The summed E-state index contributed by atoms with van der Waals surface area (Å²) >= 11 is 0. The molecule has 0 bridgehead atoms. The number of carbonyl (C=O) groups excluding carboxylic acids is 1. The van der Waals surface area contributed by atoms with E-state index in [1.54, 1.807) is 6.20 Å². The Kier molecular flexibility index (Phi) is 5.30. The molecule has 5 rings (SSSR count). The predicted octanol–water partition coefficient (Wildman–Crippen LogP) is 4.81. The van der Waals surface area contributed by atoms with Gasteiger partial charge in [-0.1, -0.05) is 67.7 Å². The maximum Gasteiger partial charge on any atom is 0.232 e. The van der Waals surface area contributed by atoms with Crippen molar-refractivity contribution in [3.05, 3.63) is 66.3 Å². The van der Waals surface area contributed by atoms with E-state index < -0.39 is 0 Å². The van der Waals surface area contributed by atoms with Crippen molar-refractivity contribution in [1.29, 1.82) is 0 Å². The molecule has 2 unspecified atom stereocenters. The second-order valence-electron chi connectivity index (χ2n) is 9.15. The average molecular weight is 417 g/mol. The number of pyridine rings is 1. The molecule has 1 saturated heterocycles. The van der Waals surface area contributed by atoms with Gasteiger partial charge in [0.1, 0.15) is 0 Å². The van der Waals surface area contributed by atoms with Crippen LogP contribution in [0.5, 0.6) is 0 Å². The van der Waals surface area contributed by atoms with Crippen molar-refractivity contribution in [3.63, 3.8) is 0 Å². The highest BCUT2D eigenvalue weighted by molar-refractivity contribution is 5.83. The SMILES string of the molecule is CC1(C(=O)N2CC(c3cccnc3)C(c3nc(-c4ccccc4)no3)C2)CCCCC1. The Hall–Kier alpha value is -3.02. The Balaban J connectivity index is 1.44. The van der Waals surface area contributed by atoms with Gasteiger partial charge in [0, 0.05) is 42.4 Å². The number of nitrogens with zero attached hydrogens (tertiary/aromatic N) is 4. The quantitative estimate of drug-likeness (QED) is 0.610. The van der Waals surface area contributed by atoms with Crippen molar-refractivity contribution in [2.45, 2.75) is 50.9 Å². The van der Waals surface area contributed by atoms with E-state index in [0.29, 0.717) is 24.8 Å². The zero-order valence-corrected chi connectivity index (χ0v) is 17.9. The minimum absolute atomic E-state index is 0.0368. The van der Waals surface area contributed by atoms with Crippen LogP contribution in [0.1, 0.15) is 62.3 Å². The highest BCUT2D eigenvalue weighted by atomic mass is 16.5. The standard InChI is InChI=1S/C25H28N4O2/c1-25(12-6-3-7-13-25)24(30)29-16-20(19-11-8-14-26-15-19)21(17-29)23-27-22(28-31-23)18-9-4-2-5-10-18/h2,4-5,8-11,14-15,20-21H,3,6-7,12-13,16-17H2,1H3. The molecule has 6 heteroatoms. The highest BCUT2D eigenvalue weighted by Crippen LogP contribution is 2.43. The predicted molar refractivity (Wildman–Crippen MR) is 117 cm³/mol. The number of hydrogen-bond donors (Lipinski definition) is 0. The summed E-state index contributed by atoms with van der Waals surface area (Å²) in [4.78, 5) is 24.6. The van der Waals surface area contributed by atoms with Gasteiger partial charge in [-0.15, -0.1) is 0 Å². The van der Waals surface area contributed by atoms with E-state index in [9.17, 15) is 4.79 Å². The van der Waals surface area contributed by atoms with Crippen molar-refractivity contribution in [1.82, 2.24) is 20.0 Å².